The molecule has 0 aliphatic rings. The lowest BCUT2D eigenvalue weighted by atomic mass is 10.1. The molecular weight excluding hydrogens is 309 g/mol. The molecule has 6 heteroatoms. The molecule has 0 saturated carbocycles. The van der Waals surface area contributed by atoms with Crippen molar-refractivity contribution in [2.24, 2.45) is 0 Å². The third-order valence-electron chi connectivity index (χ3n) is 3.68. The van der Waals surface area contributed by atoms with Crippen LogP contribution in [-0.2, 0) is 0 Å². The van der Waals surface area contributed by atoms with Gasteiger partial charge in [-0.25, -0.2) is 4.39 Å². The van der Waals surface area contributed by atoms with Crippen LogP contribution < -0.4 is 5.32 Å². The number of rotatable bonds is 3. The minimum Gasteiger partial charge on any atom is -0.459 e. The van der Waals surface area contributed by atoms with Crippen molar-refractivity contribution in [1.82, 2.24) is 10.2 Å². The van der Waals surface area contributed by atoms with Gasteiger partial charge in [-0.2, -0.15) is 5.10 Å². The number of fused-ring (bicyclic) bond motifs is 1. The van der Waals surface area contributed by atoms with Crippen molar-refractivity contribution in [2.75, 3.05) is 5.32 Å². The number of carbonyl (C=O) groups excluding carboxylic acids is 1. The maximum Gasteiger partial charge on any atom is 0.291 e. The van der Waals surface area contributed by atoms with Gasteiger partial charge in [0.1, 0.15) is 5.82 Å². The van der Waals surface area contributed by atoms with Gasteiger partial charge >= 0.3 is 0 Å². The van der Waals surface area contributed by atoms with Crippen molar-refractivity contribution < 1.29 is 13.6 Å². The lowest BCUT2D eigenvalue weighted by molar-refractivity contribution is 0.0996. The minimum absolute atomic E-state index is 0.237. The van der Waals surface area contributed by atoms with E-state index in [4.69, 9.17) is 4.42 Å². The van der Waals surface area contributed by atoms with Gasteiger partial charge in [0.25, 0.3) is 5.91 Å². The topological polar surface area (TPSA) is 70.9 Å². The normalized spacial score (nSPS) is 10.9. The Hall–Kier alpha value is -3.41. The third kappa shape index (κ3) is 2.54. The zero-order valence-corrected chi connectivity index (χ0v) is 12.4. The van der Waals surface area contributed by atoms with Crippen LogP contribution in [0.2, 0.25) is 0 Å². The summed E-state index contributed by atoms with van der Waals surface area (Å²) in [5, 5.41) is 10.8. The first-order valence-electron chi connectivity index (χ1n) is 7.29. The number of nitrogens with zero attached hydrogens (tertiary/aromatic N) is 1. The van der Waals surface area contributed by atoms with Gasteiger partial charge in [-0.1, -0.05) is 0 Å². The Balaban J connectivity index is 1.70. The molecule has 0 bridgehead atoms. The molecule has 0 unspecified atom stereocenters. The first kappa shape index (κ1) is 14.2. The number of nitrogens with one attached hydrogen (secondary N) is 2. The number of hydrogen-bond acceptors (Lipinski definition) is 3. The number of hydrogen-bond donors (Lipinski definition) is 2. The standard InChI is InChI=1S/C18H12FN3O2/c19-12-5-3-11(4-6-12)17-14-10-13(7-8-15(14)21-22-17)20-18(23)16-2-1-9-24-16/h1-10H,(H,20,23)(H,21,22). The molecule has 0 fully saturated rings. The summed E-state index contributed by atoms with van der Waals surface area (Å²) in [5.74, 6) is -0.391. The quantitative estimate of drug-likeness (QED) is 0.593. The Bertz CT molecular complexity index is 1000. The van der Waals surface area contributed by atoms with Crippen molar-refractivity contribution in [2.45, 2.75) is 0 Å². The molecule has 4 rings (SSSR count). The number of carbonyl (C=O) groups is 1. The number of anilines is 1. The molecule has 0 spiro atoms. The number of aromatic nitrogens is 2. The van der Waals surface area contributed by atoms with E-state index in [2.05, 4.69) is 15.5 Å². The van der Waals surface area contributed by atoms with Crippen LogP contribution in [0.4, 0.5) is 10.1 Å². The third-order valence-corrected chi connectivity index (χ3v) is 3.68. The van der Waals surface area contributed by atoms with E-state index >= 15 is 0 Å². The summed E-state index contributed by atoms with van der Waals surface area (Å²) >= 11 is 0. The number of H-pyrrole nitrogens is 1. The van der Waals surface area contributed by atoms with E-state index < -0.39 is 0 Å². The van der Waals surface area contributed by atoms with Crippen LogP contribution in [0.3, 0.4) is 0 Å². The van der Waals surface area contributed by atoms with Crippen molar-refractivity contribution in [3.05, 3.63) is 72.4 Å². The van der Waals surface area contributed by atoms with Gasteiger partial charge in [-0.3, -0.25) is 9.89 Å². The summed E-state index contributed by atoms with van der Waals surface area (Å²) in [5.41, 5.74) is 2.93. The zero-order chi connectivity index (χ0) is 16.5. The van der Waals surface area contributed by atoms with Crippen LogP contribution in [0.25, 0.3) is 22.2 Å². The first-order chi connectivity index (χ1) is 11.7. The summed E-state index contributed by atoms with van der Waals surface area (Å²) in [7, 11) is 0. The van der Waals surface area contributed by atoms with E-state index in [1.807, 2.05) is 12.1 Å². The monoisotopic (exact) mass is 321 g/mol. The second-order valence-corrected chi connectivity index (χ2v) is 5.27. The van der Waals surface area contributed by atoms with Gasteiger partial charge in [0.2, 0.25) is 0 Å². The lowest BCUT2D eigenvalue weighted by Gasteiger charge is -2.04. The molecule has 24 heavy (non-hydrogen) atoms. The fraction of sp³-hybridized carbons (Fsp3) is 0. The largest absolute Gasteiger partial charge is 0.459 e. The highest BCUT2D eigenvalue weighted by molar-refractivity contribution is 6.04. The van der Waals surface area contributed by atoms with Gasteiger partial charge in [0, 0.05) is 16.6 Å². The average molecular weight is 321 g/mol. The van der Waals surface area contributed by atoms with Crippen LogP contribution in [0.1, 0.15) is 10.6 Å². The Kier molecular flexibility index (Phi) is 3.35. The summed E-state index contributed by atoms with van der Waals surface area (Å²) < 4.78 is 18.2. The second kappa shape index (κ2) is 5.66. The van der Waals surface area contributed by atoms with E-state index in [-0.39, 0.29) is 17.5 Å². The summed E-state index contributed by atoms with van der Waals surface area (Å²) in [4.78, 5) is 12.1. The number of halogens is 1. The number of benzene rings is 2. The molecule has 118 valence electrons. The molecule has 0 atom stereocenters. The Morgan fingerprint density at radius 2 is 1.96 bits per heavy atom. The van der Waals surface area contributed by atoms with Crippen molar-refractivity contribution in [1.29, 1.82) is 0 Å². The van der Waals surface area contributed by atoms with Crippen molar-refractivity contribution >= 4 is 22.5 Å². The summed E-state index contributed by atoms with van der Waals surface area (Å²) in [6.07, 6.45) is 1.45. The molecule has 0 saturated heterocycles. The Morgan fingerprint density at radius 3 is 2.71 bits per heavy atom. The van der Waals surface area contributed by atoms with Crippen molar-refractivity contribution in [3.63, 3.8) is 0 Å². The molecule has 0 aliphatic heterocycles. The molecule has 2 aromatic heterocycles. The fourth-order valence-electron chi connectivity index (χ4n) is 2.52. The predicted molar refractivity (Wildman–Crippen MR) is 88.1 cm³/mol. The average Bonchev–Trinajstić information content (AvgIpc) is 3.25. The van der Waals surface area contributed by atoms with E-state index in [9.17, 15) is 9.18 Å². The lowest BCUT2D eigenvalue weighted by Crippen LogP contribution is -2.10. The Morgan fingerprint density at radius 1 is 1.12 bits per heavy atom. The van der Waals surface area contributed by atoms with Gasteiger partial charge < -0.3 is 9.73 Å². The predicted octanol–water partition coefficient (Wildman–Crippen LogP) is 4.21. The molecule has 0 radical (unpaired) electrons. The first-order valence-corrected chi connectivity index (χ1v) is 7.29. The van der Waals surface area contributed by atoms with Gasteiger partial charge in [-0.15, -0.1) is 0 Å². The molecule has 2 heterocycles. The fourth-order valence-corrected chi connectivity index (χ4v) is 2.52. The van der Waals surface area contributed by atoms with Gasteiger partial charge in [0.05, 0.1) is 17.5 Å². The van der Waals surface area contributed by atoms with Crippen LogP contribution in [-0.4, -0.2) is 16.1 Å². The van der Waals surface area contributed by atoms with Crippen LogP contribution in [0.15, 0.2) is 65.3 Å². The minimum atomic E-state index is -0.328. The van der Waals surface area contributed by atoms with E-state index in [0.717, 1.165) is 16.5 Å². The smallest absolute Gasteiger partial charge is 0.291 e. The molecule has 1 amide bonds. The zero-order valence-electron chi connectivity index (χ0n) is 12.4. The second-order valence-electron chi connectivity index (χ2n) is 5.27. The Labute approximate surface area is 136 Å². The highest BCUT2D eigenvalue weighted by Gasteiger charge is 2.12. The molecule has 2 aromatic carbocycles. The molecule has 2 N–H and O–H groups in total. The molecule has 4 aromatic rings. The number of amides is 1. The summed E-state index contributed by atoms with van der Waals surface area (Å²) in [6.45, 7) is 0. The van der Waals surface area contributed by atoms with Gasteiger partial charge in [-0.05, 0) is 54.6 Å². The van der Waals surface area contributed by atoms with E-state index in [0.29, 0.717) is 11.4 Å². The number of aromatic amines is 1. The maximum atomic E-state index is 13.1. The van der Waals surface area contributed by atoms with E-state index in [1.54, 1.807) is 30.3 Å². The van der Waals surface area contributed by atoms with Crippen LogP contribution in [0, 0.1) is 5.82 Å². The van der Waals surface area contributed by atoms with Crippen LogP contribution in [0.5, 0.6) is 0 Å². The molecule has 5 nitrogen and oxygen atoms in total. The molecular formula is C18H12FN3O2. The SMILES string of the molecule is O=C(Nc1ccc2[nH]nc(-c3ccc(F)cc3)c2c1)c1ccco1. The van der Waals surface area contributed by atoms with E-state index in [1.165, 1.54) is 18.4 Å². The van der Waals surface area contributed by atoms with Gasteiger partial charge in [0.15, 0.2) is 5.76 Å². The summed E-state index contributed by atoms with van der Waals surface area (Å²) in [6, 6.07) is 14.8. The maximum absolute atomic E-state index is 13.1. The highest BCUT2D eigenvalue weighted by Crippen LogP contribution is 2.28. The molecule has 0 aliphatic carbocycles. The highest BCUT2D eigenvalue weighted by atomic mass is 19.1. The van der Waals surface area contributed by atoms with Crippen molar-refractivity contribution in [3.8, 4) is 11.3 Å². The number of furan rings is 1. The van der Waals surface area contributed by atoms with Crippen LogP contribution >= 0.6 is 0 Å².